The fourth-order valence-electron chi connectivity index (χ4n) is 1.25. The molecule has 1 aromatic carbocycles. The monoisotopic (exact) mass is 158 g/mol. The minimum atomic E-state index is 0.283. The van der Waals surface area contributed by atoms with Gasteiger partial charge in [0.15, 0.2) is 0 Å². The minimum Gasteiger partial charge on any atom is -0.119 e. The molecule has 0 heterocycles. The van der Waals surface area contributed by atoms with E-state index in [4.69, 9.17) is 6.42 Å². The summed E-state index contributed by atoms with van der Waals surface area (Å²) in [5.74, 6) is 3.07. The summed E-state index contributed by atoms with van der Waals surface area (Å²) < 4.78 is 0. The van der Waals surface area contributed by atoms with Crippen molar-refractivity contribution in [1.29, 1.82) is 0 Å². The van der Waals surface area contributed by atoms with E-state index >= 15 is 0 Å². The van der Waals surface area contributed by atoms with Crippen LogP contribution < -0.4 is 0 Å². The van der Waals surface area contributed by atoms with Crippen molar-refractivity contribution in [1.82, 2.24) is 0 Å². The molecule has 0 aliphatic rings. The smallest absolute Gasteiger partial charge is 0.0447 e. The maximum absolute atomic E-state index is 5.40. The zero-order chi connectivity index (χ0) is 8.97. The van der Waals surface area contributed by atoms with Crippen LogP contribution in [0.5, 0.6) is 0 Å². The molecule has 1 aromatic rings. The van der Waals surface area contributed by atoms with Crippen LogP contribution in [-0.2, 0) is 0 Å². The molecule has 0 saturated carbocycles. The lowest BCUT2D eigenvalue weighted by Crippen LogP contribution is -1.92. The molecule has 62 valence electrons. The average Bonchev–Trinajstić information content (AvgIpc) is 2.10. The molecule has 0 fully saturated rings. The van der Waals surface area contributed by atoms with E-state index in [9.17, 15) is 0 Å². The lowest BCUT2D eigenvalue weighted by molar-refractivity contribution is 0.830. The summed E-state index contributed by atoms with van der Waals surface area (Å²) >= 11 is 0. The van der Waals surface area contributed by atoms with E-state index in [1.54, 1.807) is 0 Å². The van der Waals surface area contributed by atoms with E-state index in [0.717, 1.165) is 6.42 Å². The Labute approximate surface area is 74.6 Å². The summed E-state index contributed by atoms with van der Waals surface area (Å²) in [4.78, 5) is 0. The quantitative estimate of drug-likeness (QED) is 0.580. The van der Waals surface area contributed by atoms with E-state index in [0.29, 0.717) is 0 Å². The number of terminal acetylenes is 1. The molecule has 0 nitrogen and oxygen atoms in total. The molecule has 0 saturated heterocycles. The highest BCUT2D eigenvalue weighted by atomic mass is 14.1. The summed E-state index contributed by atoms with van der Waals surface area (Å²) in [5, 5.41) is 0. The van der Waals surface area contributed by atoms with E-state index in [1.165, 1.54) is 11.1 Å². The van der Waals surface area contributed by atoms with Gasteiger partial charge in [-0.1, -0.05) is 42.7 Å². The SMILES string of the molecule is C#CC(CC)c1ccc(C)cc1. The van der Waals surface area contributed by atoms with Crippen LogP contribution in [0.2, 0.25) is 0 Å². The Balaban J connectivity index is 2.89. The Morgan fingerprint density at radius 1 is 1.33 bits per heavy atom. The van der Waals surface area contributed by atoms with Gasteiger partial charge in [0.25, 0.3) is 0 Å². The summed E-state index contributed by atoms with van der Waals surface area (Å²) in [6.07, 6.45) is 6.42. The zero-order valence-electron chi connectivity index (χ0n) is 7.67. The van der Waals surface area contributed by atoms with Crippen molar-refractivity contribution in [2.75, 3.05) is 0 Å². The molecule has 0 spiro atoms. The van der Waals surface area contributed by atoms with Gasteiger partial charge < -0.3 is 0 Å². The van der Waals surface area contributed by atoms with Crippen LogP contribution in [0.25, 0.3) is 0 Å². The zero-order valence-corrected chi connectivity index (χ0v) is 7.67. The molecule has 1 rings (SSSR count). The predicted molar refractivity (Wildman–Crippen MR) is 53.0 cm³/mol. The Hall–Kier alpha value is -1.22. The summed E-state index contributed by atoms with van der Waals surface area (Å²) in [5.41, 5.74) is 2.54. The molecule has 1 atom stereocenters. The third kappa shape index (κ3) is 1.89. The first-order valence-corrected chi connectivity index (χ1v) is 4.30. The molecule has 0 amide bonds. The summed E-state index contributed by atoms with van der Waals surface area (Å²) in [6.45, 7) is 4.20. The first-order chi connectivity index (χ1) is 5.77. The van der Waals surface area contributed by atoms with Crippen molar-refractivity contribution in [3.05, 3.63) is 35.4 Å². The summed E-state index contributed by atoms with van der Waals surface area (Å²) in [6, 6.07) is 8.44. The molecular formula is C12H14. The molecule has 0 heteroatoms. The Morgan fingerprint density at radius 3 is 2.33 bits per heavy atom. The van der Waals surface area contributed by atoms with Gasteiger partial charge >= 0.3 is 0 Å². The van der Waals surface area contributed by atoms with Crippen molar-refractivity contribution < 1.29 is 0 Å². The number of rotatable bonds is 2. The van der Waals surface area contributed by atoms with Gasteiger partial charge in [0.1, 0.15) is 0 Å². The molecule has 12 heavy (non-hydrogen) atoms. The Kier molecular flexibility index (Phi) is 2.94. The lowest BCUT2D eigenvalue weighted by atomic mass is 9.97. The highest BCUT2D eigenvalue weighted by Crippen LogP contribution is 2.18. The Morgan fingerprint density at radius 2 is 1.92 bits per heavy atom. The van der Waals surface area contributed by atoms with Gasteiger partial charge in [-0.3, -0.25) is 0 Å². The van der Waals surface area contributed by atoms with Crippen LogP contribution in [0, 0.1) is 19.3 Å². The van der Waals surface area contributed by atoms with Gasteiger partial charge in [-0.05, 0) is 18.9 Å². The topological polar surface area (TPSA) is 0 Å². The molecule has 0 aliphatic carbocycles. The fraction of sp³-hybridized carbons (Fsp3) is 0.333. The number of hydrogen-bond acceptors (Lipinski definition) is 0. The van der Waals surface area contributed by atoms with Gasteiger partial charge in [0, 0.05) is 5.92 Å². The second-order valence-electron chi connectivity index (χ2n) is 3.04. The van der Waals surface area contributed by atoms with Crippen LogP contribution in [0.1, 0.15) is 30.4 Å². The van der Waals surface area contributed by atoms with E-state index in [1.807, 2.05) is 0 Å². The van der Waals surface area contributed by atoms with Gasteiger partial charge in [0.2, 0.25) is 0 Å². The fourth-order valence-corrected chi connectivity index (χ4v) is 1.25. The van der Waals surface area contributed by atoms with E-state index < -0.39 is 0 Å². The van der Waals surface area contributed by atoms with Gasteiger partial charge in [-0.15, -0.1) is 6.42 Å². The second kappa shape index (κ2) is 3.97. The number of benzene rings is 1. The van der Waals surface area contributed by atoms with E-state index in [-0.39, 0.29) is 5.92 Å². The maximum atomic E-state index is 5.40. The number of hydrogen-bond donors (Lipinski definition) is 0. The normalized spacial score (nSPS) is 12.1. The molecule has 0 bridgehead atoms. The first-order valence-electron chi connectivity index (χ1n) is 4.30. The van der Waals surface area contributed by atoms with Crippen LogP contribution in [-0.4, -0.2) is 0 Å². The van der Waals surface area contributed by atoms with Gasteiger partial charge in [0.05, 0.1) is 0 Å². The van der Waals surface area contributed by atoms with Crippen LogP contribution in [0.15, 0.2) is 24.3 Å². The highest BCUT2D eigenvalue weighted by Gasteiger charge is 2.03. The average molecular weight is 158 g/mol. The maximum Gasteiger partial charge on any atom is 0.0447 e. The molecule has 0 aliphatic heterocycles. The lowest BCUT2D eigenvalue weighted by Gasteiger charge is -2.07. The van der Waals surface area contributed by atoms with Gasteiger partial charge in [-0.2, -0.15) is 0 Å². The standard InChI is InChI=1S/C12H14/c1-4-11(5-2)12-8-6-10(3)7-9-12/h1,6-9,11H,5H2,2-3H3. The molecule has 0 N–H and O–H groups in total. The molecule has 1 unspecified atom stereocenters. The van der Waals surface area contributed by atoms with Crippen molar-refractivity contribution in [3.8, 4) is 12.3 Å². The molecular weight excluding hydrogens is 144 g/mol. The molecule has 0 radical (unpaired) electrons. The minimum absolute atomic E-state index is 0.283. The number of aryl methyl sites for hydroxylation is 1. The molecule has 0 aromatic heterocycles. The van der Waals surface area contributed by atoms with Crippen LogP contribution >= 0.6 is 0 Å². The van der Waals surface area contributed by atoms with Crippen molar-refractivity contribution in [2.24, 2.45) is 0 Å². The van der Waals surface area contributed by atoms with Gasteiger partial charge in [-0.25, -0.2) is 0 Å². The third-order valence-electron chi connectivity index (χ3n) is 2.09. The summed E-state index contributed by atoms with van der Waals surface area (Å²) in [7, 11) is 0. The second-order valence-corrected chi connectivity index (χ2v) is 3.04. The Bertz CT molecular complexity index is 274. The van der Waals surface area contributed by atoms with E-state index in [2.05, 4.69) is 44.0 Å². The van der Waals surface area contributed by atoms with Crippen molar-refractivity contribution in [2.45, 2.75) is 26.2 Å². The third-order valence-corrected chi connectivity index (χ3v) is 2.09. The van der Waals surface area contributed by atoms with Crippen molar-refractivity contribution >= 4 is 0 Å². The van der Waals surface area contributed by atoms with Crippen LogP contribution in [0.4, 0.5) is 0 Å². The largest absolute Gasteiger partial charge is 0.119 e. The van der Waals surface area contributed by atoms with Crippen molar-refractivity contribution in [3.63, 3.8) is 0 Å². The highest BCUT2D eigenvalue weighted by molar-refractivity contribution is 5.29. The first kappa shape index (κ1) is 8.87. The van der Waals surface area contributed by atoms with Crippen LogP contribution in [0.3, 0.4) is 0 Å². The predicted octanol–water partition coefficient (Wildman–Crippen LogP) is 3.12.